The van der Waals surface area contributed by atoms with Gasteiger partial charge in [-0.2, -0.15) is 0 Å². The number of anilines is 1. The molecule has 0 aromatic carbocycles. The smallest absolute Gasteiger partial charge is 0.409 e. The molecule has 1 fully saturated rings. The number of aromatic nitrogens is 2. The van der Waals surface area contributed by atoms with Gasteiger partial charge in [0.25, 0.3) is 0 Å². The number of nitrogens with one attached hydrogen (secondary N) is 2. The van der Waals surface area contributed by atoms with Gasteiger partial charge < -0.3 is 19.9 Å². The van der Waals surface area contributed by atoms with Gasteiger partial charge in [-0.15, -0.1) is 0 Å². The van der Waals surface area contributed by atoms with Crippen LogP contribution in [0.5, 0.6) is 0 Å². The Kier molecular flexibility index (Phi) is 4.91. The monoisotopic (exact) mass is 340 g/mol. The summed E-state index contributed by atoms with van der Waals surface area (Å²) in [5, 5.41) is 5.02. The minimum Gasteiger partial charge on any atom is -0.449 e. The number of hydrogen-bond acceptors (Lipinski definition) is 4. The number of hydrogen-bond donors (Lipinski definition) is 2. The number of carbonyl (C=O) groups excluding carboxylic acids is 1. The van der Waals surface area contributed by atoms with Crippen molar-refractivity contribution in [1.29, 1.82) is 0 Å². The van der Waals surface area contributed by atoms with Gasteiger partial charge in [0, 0.05) is 33.6 Å². The summed E-state index contributed by atoms with van der Waals surface area (Å²) in [7, 11) is 0. The molecule has 2 aromatic heterocycles. The first-order valence-electron chi connectivity index (χ1n) is 7.99. The van der Waals surface area contributed by atoms with E-state index in [9.17, 15) is 4.79 Å². The normalized spacial score (nSPS) is 18.2. The molecule has 1 aliphatic rings. The molecule has 0 spiro atoms. The molecule has 2 N–H and O–H groups in total. The summed E-state index contributed by atoms with van der Waals surface area (Å²) in [5.41, 5.74) is 1.67. The molecular weight excluding hydrogens is 316 g/mol. The molecule has 128 valence electrons. The average molecular weight is 341 g/mol. The van der Waals surface area contributed by atoms with E-state index in [4.69, 9.17) is 16.3 Å². The van der Waals surface area contributed by atoms with Crippen molar-refractivity contribution in [3.05, 3.63) is 23.5 Å². The predicted molar refractivity (Wildman–Crippen MR) is 95.2 cm³/mol. The van der Waals surface area contributed by atoms with E-state index in [0.717, 1.165) is 42.5 Å². The minimum atomic E-state index is -0.231. The maximum absolute atomic E-state index is 12.0. The zero-order valence-electron chi connectivity index (χ0n) is 13.1. The van der Waals surface area contributed by atoms with Gasteiger partial charge in [-0.1, -0.05) is 18.5 Å². The van der Waals surface area contributed by atoms with Crippen LogP contribution in [0.3, 0.4) is 0 Å². The van der Waals surface area contributed by atoms with E-state index in [-0.39, 0.29) is 15.0 Å². The zero-order valence-corrected chi connectivity index (χ0v) is 13.9. The number of ether oxygens (including phenoxy) is 1. The molecule has 3 heterocycles. The Bertz CT molecular complexity index is 698. The number of aromatic amines is 1. The first-order valence-corrected chi connectivity index (χ1v) is 8.36. The number of nitrogens with zero attached hydrogens (tertiary/aromatic N) is 2. The van der Waals surface area contributed by atoms with Gasteiger partial charge in [-0.25, -0.2) is 9.78 Å². The number of amides is 1. The van der Waals surface area contributed by atoms with E-state index in [1.165, 1.54) is 0 Å². The van der Waals surface area contributed by atoms with Crippen LogP contribution in [0, 0.1) is 0 Å². The number of H-pyrrole nitrogens is 1. The van der Waals surface area contributed by atoms with Crippen molar-refractivity contribution in [2.45, 2.75) is 32.2 Å². The fraction of sp³-hybridized carbons (Fsp3) is 0.500. The van der Waals surface area contributed by atoms with Gasteiger partial charge in [0.1, 0.15) is 5.65 Å². The van der Waals surface area contributed by atoms with E-state index >= 15 is 0 Å². The SMILES string of the molecule is CCCOC(=O)N1CCCC(Nc2c(Cl)cnc3[nH]ccc23)C1.[HH].[HH]. The number of likely N-dealkylation sites (tertiary alicyclic amines) is 1. The summed E-state index contributed by atoms with van der Waals surface area (Å²) in [4.78, 5) is 21.1. The Labute approximate surface area is 143 Å². The first kappa shape index (κ1) is 15.9. The lowest BCUT2D eigenvalue weighted by atomic mass is 10.1. The van der Waals surface area contributed by atoms with Crippen LogP contribution in [0.25, 0.3) is 11.0 Å². The summed E-state index contributed by atoms with van der Waals surface area (Å²) in [6.07, 6.45) is 6.01. The molecule has 1 aliphatic heterocycles. The number of pyridine rings is 1. The Morgan fingerprint density at radius 2 is 2.52 bits per heavy atom. The van der Waals surface area contributed by atoms with Crippen molar-refractivity contribution in [2.75, 3.05) is 25.0 Å². The van der Waals surface area contributed by atoms with Crippen molar-refractivity contribution >= 4 is 34.4 Å². The molecule has 3 rings (SSSR count). The largest absolute Gasteiger partial charge is 0.449 e. The highest BCUT2D eigenvalue weighted by Crippen LogP contribution is 2.30. The van der Waals surface area contributed by atoms with Gasteiger partial charge in [-0.3, -0.25) is 0 Å². The van der Waals surface area contributed by atoms with Crippen molar-refractivity contribution in [2.24, 2.45) is 0 Å². The summed E-state index contributed by atoms with van der Waals surface area (Å²) in [6, 6.07) is 2.10. The molecule has 6 nitrogen and oxygen atoms in total. The van der Waals surface area contributed by atoms with Crippen molar-refractivity contribution in [3.63, 3.8) is 0 Å². The highest BCUT2D eigenvalue weighted by Gasteiger charge is 2.25. The average Bonchev–Trinajstić information content (AvgIpc) is 3.04. The highest BCUT2D eigenvalue weighted by molar-refractivity contribution is 6.34. The second-order valence-electron chi connectivity index (χ2n) is 5.76. The lowest BCUT2D eigenvalue weighted by Gasteiger charge is -2.33. The summed E-state index contributed by atoms with van der Waals surface area (Å²) < 4.78 is 5.23. The van der Waals surface area contributed by atoms with Crippen LogP contribution in [-0.4, -0.2) is 46.7 Å². The molecule has 7 heteroatoms. The number of fused-ring (bicyclic) bond motifs is 1. The summed E-state index contributed by atoms with van der Waals surface area (Å²) in [6.45, 7) is 3.81. The third-order valence-corrected chi connectivity index (χ3v) is 4.28. The number of rotatable bonds is 4. The number of halogens is 1. The lowest BCUT2D eigenvalue weighted by Crippen LogP contribution is -2.45. The van der Waals surface area contributed by atoms with Crippen LogP contribution in [0.1, 0.15) is 29.0 Å². The molecule has 1 saturated heterocycles. The number of piperidine rings is 1. The molecule has 0 bridgehead atoms. The maximum Gasteiger partial charge on any atom is 0.409 e. The minimum absolute atomic E-state index is 0. The van der Waals surface area contributed by atoms with Gasteiger partial charge in [0.05, 0.1) is 23.5 Å². The number of carbonyl (C=O) groups is 1. The molecule has 1 atom stereocenters. The standard InChI is InChI=1S/C16H21ClN4O2.2H2/c1-2-8-23-16(22)21-7-3-4-11(10-21)20-14-12-5-6-18-15(12)19-9-13(14)17;;/h5-6,9,11H,2-4,7-8,10H2,1H3,(H2,18,19,20);2*1H. The van der Waals surface area contributed by atoms with Gasteiger partial charge in [0.15, 0.2) is 0 Å². The van der Waals surface area contributed by atoms with E-state index in [2.05, 4.69) is 15.3 Å². The van der Waals surface area contributed by atoms with Crippen molar-refractivity contribution in [3.8, 4) is 0 Å². The summed E-state index contributed by atoms with van der Waals surface area (Å²) >= 11 is 6.30. The topological polar surface area (TPSA) is 70.2 Å². The Morgan fingerprint density at radius 3 is 3.35 bits per heavy atom. The Hall–Kier alpha value is -1.95. The van der Waals surface area contributed by atoms with Crippen LogP contribution in [0.15, 0.2) is 18.5 Å². The molecule has 0 saturated carbocycles. The van der Waals surface area contributed by atoms with Crippen molar-refractivity contribution in [1.82, 2.24) is 14.9 Å². The predicted octanol–water partition coefficient (Wildman–Crippen LogP) is 4.13. The molecule has 0 aliphatic carbocycles. The van der Waals surface area contributed by atoms with Crippen LogP contribution < -0.4 is 5.32 Å². The zero-order chi connectivity index (χ0) is 16.2. The van der Waals surface area contributed by atoms with Gasteiger partial charge >= 0.3 is 6.09 Å². The van der Waals surface area contributed by atoms with E-state index in [1.54, 1.807) is 11.1 Å². The van der Waals surface area contributed by atoms with Crippen LogP contribution in [0.4, 0.5) is 10.5 Å². The van der Waals surface area contributed by atoms with Crippen LogP contribution in [0.2, 0.25) is 5.02 Å². The Morgan fingerprint density at radius 1 is 1.65 bits per heavy atom. The Balaban J connectivity index is 0.00000156. The van der Waals surface area contributed by atoms with E-state index in [1.807, 2.05) is 19.2 Å². The molecule has 0 radical (unpaired) electrons. The van der Waals surface area contributed by atoms with E-state index in [0.29, 0.717) is 18.2 Å². The highest BCUT2D eigenvalue weighted by atomic mass is 35.5. The molecule has 1 unspecified atom stereocenters. The van der Waals surface area contributed by atoms with E-state index < -0.39 is 0 Å². The van der Waals surface area contributed by atoms with Gasteiger partial charge in [-0.05, 0) is 25.3 Å². The molecule has 2 aromatic rings. The fourth-order valence-electron chi connectivity index (χ4n) is 2.88. The maximum atomic E-state index is 12.0. The third kappa shape index (κ3) is 3.52. The van der Waals surface area contributed by atoms with Crippen LogP contribution >= 0.6 is 11.6 Å². The second-order valence-corrected chi connectivity index (χ2v) is 6.17. The van der Waals surface area contributed by atoms with Gasteiger partial charge in [0.2, 0.25) is 0 Å². The lowest BCUT2D eigenvalue weighted by molar-refractivity contribution is 0.0932. The fourth-order valence-corrected chi connectivity index (χ4v) is 3.08. The second kappa shape index (κ2) is 7.08. The first-order chi connectivity index (χ1) is 11.2. The van der Waals surface area contributed by atoms with Crippen molar-refractivity contribution < 1.29 is 12.4 Å². The molecule has 1 amide bonds. The summed E-state index contributed by atoms with van der Waals surface area (Å²) in [5.74, 6) is 0. The molecule has 23 heavy (non-hydrogen) atoms. The third-order valence-electron chi connectivity index (χ3n) is 4.00. The molecular formula is C16H25ClN4O2. The van der Waals surface area contributed by atoms with Crippen LogP contribution in [-0.2, 0) is 4.74 Å². The quantitative estimate of drug-likeness (QED) is 0.877.